The van der Waals surface area contributed by atoms with Crippen LogP contribution in [0.5, 0.6) is 0 Å². The van der Waals surface area contributed by atoms with Crippen LogP contribution in [-0.4, -0.2) is 26.5 Å². The van der Waals surface area contributed by atoms with E-state index in [2.05, 4.69) is 27.7 Å². The van der Waals surface area contributed by atoms with Crippen LogP contribution in [0.2, 0.25) is 0 Å². The van der Waals surface area contributed by atoms with Crippen LogP contribution in [0, 0.1) is 6.92 Å². The third-order valence-electron chi connectivity index (χ3n) is 3.20. The van der Waals surface area contributed by atoms with Gasteiger partial charge in [0.1, 0.15) is 11.3 Å². The number of hydrogen-bond donors (Lipinski definition) is 0. The van der Waals surface area contributed by atoms with Crippen LogP contribution in [-0.2, 0) is 6.54 Å². The van der Waals surface area contributed by atoms with Gasteiger partial charge >= 0.3 is 0 Å². The van der Waals surface area contributed by atoms with Crippen LogP contribution >= 0.6 is 23.4 Å². The number of aromatic nitrogens is 3. The monoisotopic (exact) mass is 297 g/mol. The molecule has 0 amide bonds. The number of pyridine rings is 1. The van der Waals surface area contributed by atoms with Crippen molar-refractivity contribution in [3.05, 3.63) is 23.7 Å². The maximum absolute atomic E-state index is 6.26. The number of imidazole rings is 1. The van der Waals surface area contributed by atoms with Crippen molar-refractivity contribution in [2.24, 2.45) is 0 Å². The van der Waals surface area contributed by atoms with Crippen LogP contribution in [0.15, 0.2) is 12.3 Å². The van der Waals surface area contributed by atoms with Crippen molar-refractivity contribution in [3.63, 3.8) is 0 Å². The molecule has 2 aromatic rings. The summed E-state index contributed by atoms with van der Waals surface area (Å²) in [5, 5.41) is -0.0887. The second-order valence-corrected chi connectivity index (χ2v) is 6.38. The molecule has 2 heterocycles. The summed E-state index contributed by atoms with van der Waals surface area (Å²) in [5.74, 6) is 2.13. The number of fused-ring (bicyclic) bond motifs is 1. The molecular formula is C14H20ClN3S. The van der Waals surface area contributed by atoms with Crippen molar-refractivity contribution in [2.45, 2.75) is 38.6 Å². The summed E-state index contributed by atoms with van der Waals surface area (Å²) in [7, 11) is 0. The van der Waals surface area contributed by atoms with Crippen molar-refractivity contribution in [1.82, 2.24) is 14.5 Å². The Kier molecular flexibility index (Phi) is 5.11. The minimum atomic E-state index is -0.0887. The lowest BCUT2D eigenvalue weighted by atomic mass is 10.3. The molecular weight excluding hydrogens is 278 g/mol. The van der Waals surface area contributed by atoms with Gasteiger partial charge in [0.05, 0.1) is 5.38 Å². The topological polar surface area (TPSA) is 30.7 Å². The number of alkyl halides is 1. The first kappa shape index (κ1) is 14.7. The summed E-state index contributed by atoms with van der Waals surface area (Å²) in [6, 6.07) is 2.00. The quantitative estimate of drug-likeness (QED) is 0.592. The van der Waals surface area contributed by atoms with Crippen molar-refractivity contribution in [2.75, 3.05) is 12.0 Å². The van der Waals surface area contributed by atoms with Gasteiger partial charge in [0, 0.05) is 12.7 Å². The van der Waals surface area contributed by atoms with E-state index in [1.54, 1.807) is 0 Å². The van der Waals surface area contributed by atoms with E-state index in [1.165, 1.54) is 12.2 Å². The summed E-state index contributed by atoms with van der Waals surface area (Å²) in [5.41, 5.74) is 3.10. The minimum absolute atomic E-state index is 0.0887. The number of thioether (sulfide) groups is 1. The highest BCUT2D eigenvalue weighted by Gasteiger charge is 2.16. The Bertz CT molecular complexity index is 551. The Morgan fingerprint density at radius 1 is 1.42 bits per heavy atom. The Labute approximate surface area is 123 Å². The Hall–Kier alpha value is -0.740. The largest absolute Gasteiger partial charge is 0.311 e. The first-order chi connectivity index (χ1) is 9.15. The third kappa shape index (κ3) is 3.23. The van der Waals surface area contributed by atoms with Crippen LogP contribution in [0.1, 0.15) is 36.5 Å². The molecule has 5 heteroatoms. The molecule has 0 aliphatic carbocycles. The first-order valence-electron chi connectivity index (χ1n) is 6.60. The van der Waals surface area contributed by atoms with Gasteiger partial charge in [-0.15, -0.1) is 11.6 Å². The van der Waals surface area contributed by atoms with E-state index >= 15 is 0 Å². The highest BCUT2D eigenvalue weighted by molar-refractivity contribution is 7.98. The predicted octanol–water partition coefficient (Wildman–Crippen LogP) is 4.18. The van der Waals surface area contributed by atoms with Crippen LogP contribution in [0.4, 0.5) is 0 Å². The highest BCUT2D eigenvalue weighted by Crippen LogP contribution is 2.25. The normalized spacial score (nSPS) is 13.1. The predicted molar refractivity (Wildman–Crippen MR) is 84.1 cm³/mol. The van der Waals surface area contributed by atoms with Gasteiger partial charge in [-0.05, 0) is 50.3 Å². The summed E-state index contributed by atoms with van der Waals surface area (Å²) in [4.78, 5) is 9.15. The fourth-order valence-corrected chi connectivity index (χ4v) is 2.86. The number of rotatable bonds is 6. The molecule has 19 heavy (non-hydrogen) atoms. The molecule has 0 saturated carbocycles. The van der Waals surface area contributed by atoms with Gasteiger partial charge in [0.2, 0.25) is 0 Å². The van der Waals surface area contributed by atoms with Crippen LogP contribution in [0.3, 0.4) is 0 Å². The maximum atomic E-state index is 6.26. The highest BCUT2D eigenvalue weighted by atomic mass is 35.5. The third-order valence-corrected chi connectivity index (χ3v) is 4.09. The number of nitrogens with zero attached hydrogens (tertiary/aromatic N) is 3. The molecule has 1 unspecified atom stereocenters. The molecule has 0 aliphatic rings. The average Bonchev–Trinajstić information content (AvgIpc) is 2.75. The number of aryl methyl sites for hydroxylation is 2. The van der Waals surface area contributed by atoms with Crippen molar-refractivity contribution in [3.8, 4) is 0 Å². The summed E-state index contributed by atoms with van der Waals surface area (Å²) in [6.07, 6.45) is 6.34. The number of halogens is 1. The average molecular weight is 298 g/mol. The van der Waals surface area contributed by atoms with Gasteiger partial charge < -0.3 is 4.57 Å². The number of hydrogen-bond acceptors (Lipinski definition) is 3. The molecule has 1 atom stereocenters. The molecule has 0 N–H and O–H groups in total. The Morgan fingerprint density at radius 2 is 2.21 bits per heavy atom. The number of unbranched alkanes of at least 4 members (excludes halogenated alkanes) is 1. The zero-order chi connectivity index (χ0) is 13.8. The Morgan fingerprint density at radius 3 is 2.89 bits per heavy atom. The fourth-order valence-electron chi connectivity index (χ4n) is 2.20. The van der Waals surface area contributed by atoms with Crippen LogP contribution in [0.25, 0.3) is 11.2 Å². The Balaban J connectivity index is 2.33. The zero-order valence-corrected chi connectivity index (χ0v) is 13.3. The molecule has 3 nitrogen and oxygen atoms in total. The first-order valence-corrected chi connectivity index (χ1v) is 8.43. The summed E-state index contributed by atoms with van der Waals surface area (Å²) < 4.78 is 2.18. The van der Waals surface area contributed by atoms with E-state index in [4.69, 9.17) is 11.6 Å². The lowest BCUT2D eigenvalue weighted by Gasteiger charge is -2.09. The van der Waals surface area contributed by atoms with Gasteiger partial charge in [-0.25, -0.2) is 9.97 Å². The van der Waals surface area contributed by atoms with Crippen molar-refractivity contribution < 1.29 is 0 Å². The second-order valence-electron chi connectivity index (χ2n) is 4.74. The van der Waals surface area contributed by atoms with E-state index < -0.39 is 0 Å². The molecule has 0 fully saturated rings. The molecule has 0 saturated heterocycles. The fraction of sp³-hybridized carbons (Fsp3) is 0.571. The van der Waals surface area contributed by atoms with Gasteiger partial charge in [-0.1, -0.05) is 0 Å². The molecule has 2 rings (SSSR count). The SMILES string of the molecule is CSCCCCn1c(C(C)Cl)nc2c(C)ccnc21. The molecule has 0 spiro atoms. The molecule has 0 aromatic carbocycles. The van der Waals surface area contributed by atoms with Gasteiger partial charge in [-0.3, -0.25) is 0 Å². The molecule has 2 aromatic heterocycles. The van der Waals surface area contributed by atoms with E-state index in [-0.39, 0.29) is 5.38 Å². The van der Waals surface area contributed by atoms with Crippen molar-refractivity contribution >= 4 is 34.5 Å². The minimum Gasteiger partial charge on any atom is -0.311 e. The molecule has 104 valence electrons. The van der Waals surface area contributed by atoms with E-state index in [9.17, 15) is 0 Å². The zero-order valence-electron chi connectivity index (χ0n) is 11.7. The van der Waals surface area contributed by atoms with Gasteiger partial charge in [0.25, 0.3) is 0 Å². The van der Waals surface area contributed by atoms with E-state index in [1.807, 2.05) is 30.9 Å². The van der Waals surface area contributed by atoms with Gasteiger partial charge in [-0.2, -0.15) is 11.8 Å². The lowest BCUT2D eigenvalue weighted by Crippen LogP contribution is -2.05. The second kappa shape index (κ2) is 6.62. The van der Waals surface area contributed by atoms with Gasteiger partial charge in [0.15, 0.2) is 5.65 Å². The van der Waals surface area contributed by atoms with E-state index in [0.29, 0.717) is 0 Å². The molecule has 0 aliphatic heterocycles. The summed E-state index contributed by atoms with van der Waals surface area (Å²) in [6.45, 7) is 4.98. The maximum Gasteiger partial charge on any atom is 0.160 e. The standard InChI is InChI=1S/C14H20ClN3S/c1-10-6-7-16-14-12(10)17-13(11(2)15)18(14)8-4-5-9-19-3/h6-7,11H,4-5,8-9H2,1-3H3. The smallest absolute Gasteiger partial charge is 0.160 e. The molecule has 0 bridgehead atoms. The summed E-state index contributed by atoms with van der Waals surface area (Å²) >= 11 is 8.15. The lowest BCUT2D eigenvalue weighted by molar-refractivity contribution is 0.615. The van der Waals surface area contributed by atoms with Crippen molar-refractivity contribution in [1.29, 1.82) is 0 Å². The van der Waals surface area contributed by atoms with E-state index in [0.717, 1.165) is 35.5 Å². The molecule has 0 radical (unpaired) electrons. The van der Waals surface area contributed by atoms with Crippen LogP contribution < -0.4 is 0 Å².